The molecule has 1 aliphatic heterocycles. The average molecular weight is 391 g/mol. The summed E-state index contributed by atoms with van der Waals surface area (Å²) in [6, 6.07) is 16.8. The molecule has 1 amide bonds. The molecular formula is C22H21N3O4. The number of carboxylic acids is 1. The van der Waals surface area contributed by atoms with Crippen LogP contribution in [0.4, 0.5) is 5.69 Å². The van der Waals surface area contributed by atoms with Gasteiger partial charge in [0.25, 0.3) is 5.91 Å². The Labute approximate surface area is 168 Å². The second-order valence-electron chi connectivity index (χ2n) is 6.83. The van der Waals surface area contributed by atoms with Crippen molar-refractivity contribution in [3.63, 3.8) is 0 Å². The Balaban J connectivity index is 1.43. The van der Waals surface area contributed by atoms with Gasteiger partial charge in [-0.2, -0.15) is 0 Å². The lowest BCUT2D eigenvalue weighted by atomic mass is 10.1. The van der Waals surface area contributed by atoms with E-state index in [1.807, 2.05) is 47.4 Å². The van der Waals surface area contributed by atoms with Crippen LogP contribution in [0.5, 0.6) is 5.75 Å². The molecule has 1 saturated heterocycles. The number of amides is 1. The van der Waals surface area contributed by atoms with E-state index in [-0.39, 0.29) is 12.5 Å². The van der Waals surface area contributed by atoms with E-state index in [9.17, 15) is 9.59 Å². The van der Waals surface area contributed by atoms with Crippen molar-refractivity contribution in [1.82, 2.24) is 9.88 Å². The van der Waals surface area contributed by atoms with Gasteiger partial charge in [0.2, 0.25) is 0 Å². The number of carboxylic acid groups (broad SMARTS) is 1. The number of fused-ring (bicyclic) bond motifs is 1. The number of rotatable bonds is 5. The van der Waals surface area contributed by atoms with Crippen molar-refractivity contribution in [2.45, 2.75) is 0 Å². The first-order valence-electron chi connectivity index (χ1n) is 9.44. The summed E-state index contributed by atoms with van der Waals surface area (Å²) in [7, 11) is 0. The topological polar surface area (TPSA) is 83.0 Å². The first-order chi connectivity index (χ1) is 14.1. The normalized spacial score (nSPS) is 14.1. The van der Waals surface area contributed by atoms with Gasteiger partial charge in [-0.3, -0.25) is 9.78 Å². The quantitative estimate of drug-likeness (QED) is 0.720. The molecule has 0 atom stereocenters. The van der Waals surface area contributed by atoms with Gasteiger partial charge in [0, 0.05) is 49.5 Å². The van der Waals surface area contributed by atoms with E-state index >= 15 is 0 Å². The van der Waals surface area contributed by atoms with E-state index in [4.69, 9.17) is 9.84 Å². The molecule has 4 rings (SSSR count). The number of para-hydroxylation sites is 1. The van der Waals surface area contributed by atoms with Gasteiger partial charge in [-0.15, -0.1) is 0 Å². The Bertz CT molecular complexity index is 1040. The number of pyridine rings is 1. The predicted octanol–water partition coefficient (Wildman–Crippen LogP) is 2.66. The zero-order chi connectivity index (χ0) is 20.2. The molecule has 3 aromatic rings. The minimum Gasteiger partial charge on any atom is -0.482 e. The molecule has 1 aliphatic rings. The highest BCUT2D eigenvalue weighted by Gasteiger charge is 2.23. The molecule has 0 spiro atoms. The van der Waals surface area contributed by atoms with Crippen LogP contribution in [-0.4, -0.2) is 59.7 Å². The molecule has 0 radical (unpaired) electrons. The number of benzene rings is 2. The van der Waals surface area contributed by atoms with E-state index < -0.39 is 5.97 Å². The largest absolute Gasteiger partial charge is 0.482 e. The molecule has 7 heteroatoms. The van der Waals surface area contributed by atoms with Crippen molar-refractivity contribution >= 4 is 28.5 Å². The Morgan fingerprint density at radius 2 is 1.79 bits per heavy atom. The summed E-state index contributed by atoms with van der Waals surface area (Å²) in [6.45, 7) is 2.23. The zero-order valence-corrected chi connectivity index (χ0v) is 15.8. The number of hydrogen-bond acceptors (Lipinski definition) is 5. The molecule has 7 nitrogen and oxygen atoms in total. The van der Waals surface area contributed by atoms with Gasteiger partial charge in [-0.25, -0.2) is 4.79 Å². The fourth-order valence-corrected chi connectivity index (χ4v) is 3.54. The summed E-state index contributed by atoms with van der Waals surface area (Å²) in [6.07, 6.45) is 1.68. The lowest BCUT2D eigenvalue weighted by Gasteiger charge is -2.36. The van der Waals surface area contributed by atoms with Crippen LogP contribution >= 0.6 is 0 Å². The van der Waals surface area contributed by atoms with E-state index in [0.717, 1.165) is 16.6 Å². The van der Waals surface area contributed by atoms with Crippen LogP contribution in [0.1, 0.15) is 10.4 Å². The van der Waals surface area contributed by atoms with E-state index in [2.05, 4.69) is 9.88 Å². The third kappa shape index (κ3) is 4.13. The number of carbonyl (C=O) groups excluding carboxylic acids is 1. The molecule has 2 heterocycles. The maximum Gasteiger partial charge on any atom is 0.341 e. The highest BCUT2D eigenvalue weighted by atomic mass is 16.5. The van der Waals surface area contributed by atoms with Gasteiger partial charge < -0.3 is 19.6 Å². The first-order valence-corrected chi connectivity index (χ1v) is 9.44. The number of aromatic nitrogens is 1. The molecular weight excluding hydrogens is 370 g/mol. The number of ether oxygens (including phenoxy) is 1. The second-order valence-corrected chi connectivity index (χ2v) is 6.83. The van der Waals surface area contributed by atoms with Crippen molar-refractivity contribution in [2.75, 3.05) is 37.7 Å². The van der Waals surface area contributed by atoms with Crippen LogP contribution < -0.4 is 9.64 Å². The fraction of sp³-hybridized carbons (Fsp3) is 0.227. The van der Waals surface area contributed by atoms with Crippen molar-refractivity contribution in [2.24, 2.45) is 0 Å². The molecule has 29 heavy (non-hydrogen) atoms. The summed E-state index contributed by atoms with van der Waals surface area (Å²) in [5.74, 6) is -0.473. The van der Waals surface area contributed by atoms with Gasteiger partial charge in [-0.1, -0.05) is 24.3 Å². The third-order valence-electron chi connectivity index (χ3n) is 4.99. The lowest BCUT2D eigenvalue weighted by molar-refractivity contribution is -0.139. The molecule has 0 saturated carbocycles. The Hall–Kier alpha value is -3.61. The molecule has 1 fully saturated rings. The van der Waals surface area contributed by atoms with Crippen molar-refractivity contribution in [3.05, 3.63) is 66.4 Å². The van der Waals surface area contributed by atoms with Gasteiger partial charge in [0.15, 0.2) is 6.61 Å². The monoisotopic (exact) mass is 391 g/mol. The number of hydrogen-bond donors (Lipinski definition) is 1. The third-order valence-corrected chi connectivity index (χ3v) is 4.99. The number of aliphatic carboxylic acids is 1. The van der Waals surface area contributed by atoms with Crippen LogP contribution in [0, 0.1) is 0 Å². The summed E-state index contributed by atoms with van der Waals surface area (Å²) in [5.41, 5.74) is 2.44. The van der Waals surface area contributed by atoms with E-state index in [1.165, 1.54) is 0 Å². The number of anilines is 1. The van der Waals surface area contributed by atoms with Crippen LogP contribution in [0.25, 0.3) is 10.9 Å². The number of carbonyl (C=O) groups is 2. The van der Waals surface area contributed by atoms with E-state index in [1.54, 1.807) is 18.3 Å². The van der Waals surface area contributed by atoms with Gasteiger partial charge in [-0.05, 0) is 24.3 Å². The van der Waals surface area contributed by atoms with Gasteiger partial charge in [0.1, 0.15) is 5.75 Å². The highest BCUT2D eigenvalue weighted by molar-refractivity contribution is 6.06. The molecule has 1 N–H and O–H groups in total. The average Bonchev–Trinajstić information content (AvgIpc) is 2.77. The number of piperazine rings is 1. The zero-order valence-electron chi connectivity index (χ0n) is 15.8. The van der Waals surface area contributed by atoms with Crippen LogP contribution in [0.2, 0.25) is 0 Å². The summed E-state index contributed by atoms with van der Waals surface area (Å²) >= 11 is 0. The van der Waals surface area contributed by atoms with Crippen LogP contribution in [0.3, 0.4) is 0 Å². The maximum atomic E-state index is 13.1. The minimum absolute atomic E-state index is 0.0155. The Kier molecular flexibility index (Phi) is 5.29. The fourth-order valence-electron chi connectivity index (χ4n) is 3.54. The molecule has 1 aromatic heterocycles. The predicted molar refractivity (Wildman–Crippen MR) is 109 cm³/mol. The lowest BCUT2D eigenvalue weighted by Crippen LogP contribution is -2.48. The van der Waals surface area contributed by atoms with Crippen molar-refractivity contribution < 1.29 is 19.4 Å². The van der Waals surface area contributed by atoms with Crippen LogP contribution in [-0.2, 0) is 4.79 Å². The van der Waals surface area contributed by atoms with Crippen LogP contribution in [0.15, 0.2) is 60.8 Å². The van der Waals surface area contributed by atoms with Crippen molar-refractivity contribution in [3.8, 4) is 5.75 Å². The summed E-state index contributed by atoms with van der Waals surface area (Å²) in [5, 5.41) is 9.62. The maximum absolute atomic E-state index is 13.1. The highest BCUT2D eigenvalue weighted by Crippen LogP contribution is 2.24. The second kappa shape index (κ2) is 8.18. The molecule has 0 aliphatic carbocycles. The number of nitrogens with zero attached hydrogens (tertiary/aromatic N) is 3. The standard InChI is InChI=1S/C22H21N3O4/c26-21(27)15-29-17-5-3-4-16(14-17)24-10-12-25(13-11-24)22(28)19-8-9-23-20-7-2-1-6-18(19)20/h1-9,14H,10-13,15H2,(H,26,27). The molecule has 148 valence electrons. The SMILES string of the molecule is O=C(O)COc1cccc(N2CCN(C(=O)c3ccnc4ccccc34)CC2)c1. The molecule has 0 bridgehead atoms. The minimum atomic E-state index is -1.01. The van der Waals surface area contributed by atoms with Gasteiger partial charge in [0.05, 0.1) is 11.1 Å². The Morgan fingerprint density at radius 1 is 1.00 bits per heavy atom. The first kappa shape index (κ1) is 18.7. The smallest absolute Gasteiger partial charge is 0.341 e. The summed E-state index contributed by atoms with van der Waals surface area (Å²) in [4.78, 5) is 32.1. The molecule has 0 unspecified atom stereocenters. The molecule has 2 aromatic carbocycles. The van der Waals surface area contributed by atoms with E-state index in [0.29, 0.717) is 37.5 Å². The van der Waals surface area contributed by atoms with Crippen molar-refractivity contribution in [1.29, 1.82) is 0 Å². The Morgan fingerprint density at radius 3 is 2.59 bits per heavy atom. The summed E-state index contributed by atoms with van der Waals surface area (Å²) < 4.78 is 5.26. The van der Waals surface area contributed by atoms with Gasteiger partial charge >= 0.3 is 5.97 Å².